The minimum absolute atomic E-state index is 0.202. The average molecular weight is 496 g/mol. The summed E-state index contributed by atoms with van der Waals surface area (Å²) in [5, 5.41) is 3.70. The van der Waals surface area contributed by atoms with Gasteiger partial charge < -0.3 is 19.5 Å². The zero-order valence-corrected chi connectivity index (χ0v) is 21.7. The van der Waals surface area contributed by atoms with E-state index in [-0.39, 0.29) is 12.0 Å². The first-order valence-corrected chi connectivity index (χ1v) is 12.8. The molecule has 4 rings (SSSR count). The molecule has 0 saturated carbocycles. The number of amides is 1. The van der Waals surface area contributed by atoms with Gasteiger partial charge in [-0.15, -0.1) is 11.3 Å². The van der Waals surface area contributed by atoms with Gasteiger partial charge in [0.05, 0.1) is 5.69 Å². The van der Waals surface area contributed by atoms with E-state index in [2.05, 4.69) is 42.9 Å². The number of para-hydroxylation sites is 2. The second kappa shape index (κ2) is 11.1. The summed E-state index contributed by atoms with van der Waals surface area (Å²) in [5.41, 5.74) is 1.34. The summed E-state index contributed by atoms with van der Waals surface area (Å²) in [7, 11) is 0. The SMILES string of the molecule is Cc1nc(C2COc3ccccc3O2)sc1C(=O)Nc1cccc(OCCN(C(C)C)C(C)C)c1. The molecule has 1 aromatic heterocycles. The molecule has 8 heteroatoms. The van der Waals surface area contributed by atoms with Gasteiger partial charge in [-0.05, 0) is 58.9 Å². The number of anilines is 1. The van der Waals surface area contributed by atoms with Crippen molar-refractivity contribution in [3.05, 3.63) is 64.1 Å². The van der Waals surface area contributed by atoms with Gasteiger partial charge in [-0.3, -0.25) is 9.69 Å². The molecular formula is C27H33N3O4S. The lowest BCUT2D eigenvalue weighted by Gasteiger charge is -2.30. The van der Waals surface area contributed by atoms with Crippen LogP contribution in [-0.4, -0.2) is 47.6 Å². The number of hydrogen-bond acceptors (Lipinski definition) is 7. The largest absolute Gasteiger partial charge is 0.492 e. The molecule has 2 aromatic carbocycles. The predicted molar refractivity (Wildman–Crippen MR) is 139 cm³/mol. The number of aryl methyl sites for hydroxylation is 1. The number of nitrogens with zero attached hydrogens (tertiary/aromatic N) is 2. The molecule has 1 amide bonds. The summed E-state index contributed by atoms with van der Waals surface area (Å²) in [6.07, 6.45) is -0.344. The van der Waals surface area contributed by atoms with Gasteiger partial charge in [-0.25, -0.2) is 4.98 Å². The number of ether oxygens (including phenoxy) is 3. The molecule has 1 unspecified atom stereocenters. The van der Waals surface area contributed by atoms with Crippen LogP contribution in [0.2, 0.25) is 0 Å². The molecule has 3 aromatic rings. The van der Waals surface area contributed by atoms with Crippen molar-refractivity contribution < 1.29 is 19.0 Å². The standard InChI is InChI=1S/C27H33N3O4S/c1-17(2)30(18(3)4)13-14-32-21-10-8-9-20(15-21)29-26(31)25-19(5)28-27(35-25)24-16-33-22-11-6-7-12-23(22)34-24/h6-12,15,17-18,24H,13-14,16H2,1-5H3,(H,29,31). The minimum atomic E-state index is -0.344. The van der Waals surface area contributed by atoms with Crippen LogP contribution < -0.4 is 19.5 Å². The molecule has 0 spiro atoms. The Labute approximate surface area is 211 Å². The maximum atomic E-state index is 13.0. The minimum Gasteiger partial charge on any atom is -0.492 e. The molecule has 1 atom stereocenters. The monoisotopic (exact) mass is 495 g/mol. The molecule has 0 fully saturated rings. The molecule has 0 saturated heterocycles. The number of rotatable bonds is 9. The van der Waals surface area contributed by atoms with Gasteiger partial charge in [-0.1, -0.05) is 18.2 Å². The maximum absolute atomic E-state index is 13.0. The van der Waals surface area contributed by atoms with Crippen molar-refractivity contribution in [2.75, 3.05) is 25.1 Å². The van der Waals surface area contributed by atoms with E-state index in [9.17, 15) is 4.79 Å². The number of benzene rings is 2. The number of carbonyl (C=O) groups is 1. The third-order valence-electron chi connectivity index (χ3n) is 5.84. The lowest BCUT2D eigenvalue weighted by molar-refractivity contribution is 0.0910. The third-order valence-corrected chi connectivity index (χ3v) is 7.09. The fraction of sp³-hybridized carbons (Fsp3) is 0.407. The van der Waals surface area contributed by atoms with E-state index >= 15 is 0 Å². The van der Waals surface area contributed by atoms with Crippen LogP contribution in [0.5, 0.6) is 17.2 Å². The molecule has 2 heterocycles. The first kappa shape index (κ1) is 25.0. The van der Waals surface area contributed by atoms with Crippen molar-refractivity contribution in [3.8, 4) is 17.2 Å². The van der Waals surface area contributed by atoms with Gasteiger partial charge in [0.2, 0.25) is 0 Å². The summed E-state index contributed by atoms with van der Waals surface area (Å²) in [4.78, 5) is 20.6. The number of nitrogens with one attached hydrogen (secondary N) is 1. The number of hydrogen-bond donors (Lipinski definition) is 1. The smallest absolute Gasteiger partial charge is 0.267 e. The van der Waals surface area contributed by atoms with Gasteiger partial charge in [0.15, 0.2) is 17.6 Å². The number of thiazole rings is 1. The van der Waals surface area contributed by atoms with Crippen molar-refractivity contribution in [1.29, 1.82) is 0 Å². The van der Waals surface area contributed by atoms with Crippen molar-refractivity contribution in [3.63, 3.8) is 0 Å². The van der Waals surface area contributed by atoms with Crippen molar-refractivity contribution in [2.24, 2.45) is 0 Å². The highest BCUT2D eigenvalue weighted by molar-refractivity contribution is 7.14. The summed E-state index contributed by atoms with van der Waals surface area (Å²) in [5.74, 6) is 1.93. The van der Waals surface area contributed by atoms with Crippen molar-refractivity contribution in [1.82, 2.24) is 9.88 Å². The lowest BCUT2D eigenvalue weighted by Crippen LogP contribution is -2.39. The zero-order valence-electron chi connectivity index (χ0n) is 20.9. The van der Waals surface area contributed by atoms with Crippen LogP contribution in [0.3, 0.4) is 0 Å². The van der Waals surface area contributed by atoms with E-state index < -0.39 is 0 Å². The van der Waals surface area contributed by atoms with Crippen LogP contribution >= 0.6 is 11.3 Å². The Morgan fingerprint density at radius 2 is 1.89 bits per heavy atom. The van der Waals surface area contributed by atoms with Crippen LogP contribution in [0.1, 0.15) is 54.2 Å². The molecule has 1 N–H and O–H groups in total. The van der Waals surface area contributed by atoms with Crippen LogP contribution in [0.4, 0.5) is 5.69 Å². The highest BCUT2D eigenvalue weighted by Crippen LogP contribution is 2.37. The highest BCUT2D eigenvalue weighted by Gasteiger charge is 2.27. The normalized spacial score (nSPS) is 15.0. The summed E-state index contributed by atoms with van der Waals surface area (Å²) >= 11 is 1.33. The van der Waals surface area contributed by atoms with Crippen LogP contribution in [-0.2, 0) is 0 Å². The van der Waals surface area contributed by atoms with Gasteiger partial charge in [-0.2, -0.15) is 0 Å². The quantitative estimate of drug-likeness (QED) is 0.410. The fourth-order valence-corrected chi connectivity index (χ4v) is 5.12. The average Bonchev–Trinajstić information content (AvgIpc) is 3.23. The van der Waals surface area contributed by atoms with Gasteiger partial charge in [0.1, 0.15) is 28.8 Å². The van der Waals surface area contributed by atoms with Gasteiger partial charge >= 0.3 is 0 Å². The predicted octanol–water partition coefficient (Wildman–Crippen LogP) is 5.71. The molecule has 0 aliphatic carbocycles. The van der Waals surface area contributed by atoms with Crippen molar-refractivity contribution in [2.45, 2.75) is 52.8 Å². The molecule has 7 nitrogen and oxygen atoms in total. The number of fused-ring (bicyclic) bond motifs is 1. The molecule has 0 bridgehead atoms. The third kappa shape index (κ3) is 6.13. The van der Waals surface area contributed by atoms with E-state index in [1.165, 1.54) is 11.3 Å². The zero-order chi connectivity index (χ0) is 24.9. The first-order chi connectivity index (χ1) is 16.8. The maximum Gasteiger partial charge on any atom is 0.267 e. The van der Waals surface area contributed by atoms with Gasteiger partial charge in [0, 0.05) is 30.4 Å². The van der Waals surface area contributed by atoms with E-state index in [1.807, 2.05) is 55.5 Å². The summed E-state index contributed by atoms with van der Waals surface area (Å²) in [6.45, 7) is 12.4. The van der Waals surface area contributed by atoms with E-state index in [1.54, 1.807) is 0 Å². The lowest BCUT2D eigenvalue weighted by atomic mass is 10.2. The Bertz CT molecular complexity index is 1150. The van der Waals surface area contributed by atoms with E-state index in [0.717, 1.165) is 23.1 Å². The Kier molecular flexibility index (Phi) is 7.93. The van der Waals surface area contributed by atoms with Crippen LogP contribution in [0.15, 0.2) is 48.5 Å². The second-order valence-corrected chi connectivity index (χ2v) is 10.1. The van der Waals surface area contributed by atoms with Gasteiger partial charge in [0.25, 0.3) is 5.91 Å². The Morgan fingerprint density at radius 3 is 2.63 bits per heavy atom. The second-order valence-electron chi connectivity index (χ2n) is 9.09. The highest BCUT2D eigenvalue weighted by atomic mass is 32.1. The van der Waals surface area contributed by atoms with E-state index in [4.69, 9.17) is 14.2 Å². The summed E-state index contributed by atoms with van der Waals surface area (Å²) < 4.78 is 17.8. The first-order valence-electron chi connectivity index (χ1n) is 12.0. The molecule has 35 heavy (non-hydrogen) atoms. The molecule has 0 radical (unpaired) electrons. The van der Waals surface area contributed by atoms with E-state index in [0.29, 0.717) is 47.3 Å². The number of aromatic nitrogens is 1. The molecule has 186 valence electrons. The summed E-state index contributed by atoms with van der Waals surface area (Å²) in [6, 6.07) is 15.9. The Hall–Kier alpha value is -3.10. The van der Waals surface area contributed by atoms with Crippen molar-refractivity contribution >= 4 is 22.9 Å². The number of carbonyl (C=O) groups excluding carboxylic acids is 1. The van der Waals surface area contributed by atoms with Crippen LogP contribution in [0.25, 0.3) is 0 Å². The molecule has 1 aliphatic rings. The fourth-order valence-electron chi connectivity index (χ4n) is 4.14. The molecule has 1 aliphatic heterocycles. The van der Waals surface area contributed by atoms with Crippen LogP contribution in [0, 0.1) is 6.92 Å². The molecular weight excluding hydrogens is 462 g/mol. The Morgan fingerprint density at radius 1 is 1.14 bits per heavy atom. The topological polar surface area (TPSA) is 72.9 Å². The Balaban J connectivity index is 1.38.